The molecule has 0 aliphatic rings. The van der Waals surface area contributed by atoms with Crippen LogP contribution in [0.1, 0.15) is 16.8 Å². The zero-order chi connectivity index (χ0) is 24.8. The summed E-state index contributed by atoms with van der Waals surface area (Å²) in [6.45, 7) is 5.58. The van der Waals surface area contributed by atoms with E-state index in [1.807, 2.05) is 6.07 Å². The molecule has 0 aliphatic carbocycles. The zero-order valence-electron chi connectivity index (χ0n) is 18.4. The highest BCUT2D eigenvalue weighted by molar-refractivity contribution is 6.30. The number of benzene rings is 2. The van der Waals surface area contributed by atoms with E-state index >= 15 is 0 Å². The van der Waals surface area contributed by atoms with Crippen molar-refractivity contribution in [3.8, 4) is 17.6 Å². The van der Waals surface area contributed by atoms with Crippen LogP contribution in [-0.4, -0.2) is 22.5 Å². The van der Waals surface area contributed by atoms with Crippen LogP contribution in [0.15, 0.2) is 71.8 Å². The van der Waals surface area contributed by atoms with Crippen molar-refractivity contribution < 1.29 is 13.9 Å². The third-order valence-corrected chi connectivity index (χ3v) is 4.96. The number of nitrogens with zero attached hydrogens (tertiary/aromatic N) is 3. The first-order chi connectivity index (χ1) is 16.2. The summed E-state index contributed by atoms with van der Waals surface area (Å²) in [6, 6.07) is 11.9. The Hall–Kier alpha value is -4.22. The number of nitriles is 1. The van der Waals surface area contributed by atoms with E-state index in [2.05, 4.69) is 16.9 Å². The predicted octanol–water partition coefficient (Wildman–Crippen LogP) is 4.39. The van der Waals surface area contributed by atoms with Gasteiger partial charge in [0, 0.05) is 17.6 Å². The molecule has 1 N–H and O–H groups in total. The Bertz CT molecular complexity index is 1390. The molecule has 0 saturated heterocycles. The lowest BCUT2D eigenvalue weighted by molar-refractivity contribution is -0.115. The van der Waals surface area contributed by atoms with Gasteiger partial charge in [0.05, 0.1) is 30.2 Å². The Morgan fingerprint density at radius 3 is 2.68 bits per heavy atom. The minimum Gasteiger partial charge on any atom is -0.450 e. The highest BCUT2D eigenvalue weighted by Gasteiger charge is 2.15. The molecule has 0 unspecified atom stereocenters. The van der Waals surface area contributed by atoms with Crippen molar-refractivity contribution in [3.05, 3.63) is 105 Å². The normalized spacial score (nSPS) is 11.0. The molecule has 172 valence electrons. The van der Waals surface area contributed by atoms with Crippen molar-refractivity contribution in [2.45, 2.75) is 13.5 Å². The second-order valence-corrected chi connectivity index (χ2v) is 7.72. The van der Waals surface area contributed by atoms with Crippen molar-refractivity contribution in [3.63, 3.8) is 0 Å². The highest BCUT2D eigenvalue weighted by Crippen LogP contribution is 2.25. The standard InChI is InChI=1S/C25H20ClFN4O3/c1-15(8-22(24(32)29-3)18-4-6-20(27)7-5-18)13-31-14-30-16(2)23(25(31)33)34-21-10-17(12-28)9-19(26)11-21/h4-11,14H,1,13H2,2-3H3,(H,29,32)/b22-8-. The summed E-state index contributed by atoms with van der Waals surface area (Å²) in [5.74, 6) is -0.623. The van der Waals surface area contributed by atoms with Crippen molar-refractivity contribution >= 4 is 23.1 Å². The van der Waals surface area contributed by atoms with Crippen LogP contribution in [0.25, 0.3) is 5.57 Å². The van der Waals surface area contributed by atoms with E-state index < -0.39 is 11.4 Å². The average Bonchev–Trinajstić information content (AvgIpc) is 2.82. The van der Waals surface area contributed by atoms with Gasteiger partial charge in [-0.1, -0.05) is 30.3 Å². The number of rotatable bonds is 7. The van der Waals surface area contributed by atoms with Gasteiger partial charge in [0.1, 0.15) is 11.6 Å². The van der Waals surface area contributed by atoms with E-state index in [9.17, 15) is 14.0 Å². The maximum atomic E-state index is 13.3. The van der Waals surface area contributed by atoms with Crippen LogP contribution in [0.2, 0.25) is 5.02 Å². The lowest BCUT2D eigenvalue weighted by Gasteiger charge is -2.13. The van der Waals surface area contributed by atoms with Gasteiger partial charge in [0.25, 0.3) is 11.5 Å². The number of halogens is 2. The van der Waals surface area contributed by atoms with Crippen LogP contribution in [0, 0.1) is 24.1 Å². The lowest BCUT2D eigenvalue weighted by atomic mass is 10.0. The first-order valence-corrected chi connectivity index (χ1v) is 10.4. The molecule has 1 aromatic heterocycles. The van der Waals surface area contributed by atoms with Crippen molar-refractivity contribution in [2.75, 3.05) is 7.05 Å². The molecule has 2 aromatic carbocycles. The van der Waals surface area contributed by atoms with Crippen molar-refractivity contribution in [1.29, 1.82) is 5.26 Å². The third kappa shape index (κ3) is 5.77. The van der Waals surface area contributed by atoms with Crippen LogP contribution in [0.5, 0.6) is 11.5 Å². The summed E-state index contributed by atoms with van der Waals surface area (Å²) < 4.78 is 20.3. The van der Waals surface area contributed by atoms with Crippen LogP contribution in [-0.2, 0) is 11.3 Å². The first-order valence-electron chi connectivity index (χ1n) is 10.0. The second-order valence-electron chi connectivity index (χ2n) is 7.28. The maximum Gasteiger partial charge on any atom is 0.296 e. The quantitative estimate of drug-likeness (QED) is 0.401. The number of hydrogen-bond donors (Lipinski definition) is 1. The van der Waals surface area contributed by atoms with Crippen LogP contribution in [0.4, 0.5) is 4.39 Å². The molecule has 1 amide bonds. The van der Waals surface area contributed by atoms with Crippen LogP contribution in [0.3, 0.4) is 0 Å². The van der Waals surface area contributed by atoms with Gasteiger partial charge in [0.2, 0.25) is 5.75 Å². The number of nitrogens with one attached hydrogen (secondary N) is 1. The Balaban J connectivity index is 1.92. The van der Waals surface area contributed by atoms with Gasteiger partial charge < -0.3 is 10.1 Å². The Kier molecular flexibility index (Phi) is 7.61. The number of carbonyl (C=O) groups excluding carboxylic acids is 1. The van der Waals surface area contributed by atoms with E-state index in [4.69, 9.17) is 21.6 Å². The summed E-state index contributed by atoms with van der Waals surface area (Å²) in [7, 11) is 1.48. The van der Waals surface area contributed by atoms with Gasteiger partial charge in [-0.05, 0) is 54.5 Å². The molecule has 34 heavy (non-hydrogen) atoms. The molecule has 0 spiro atoms. The largest absolute Gasteiger partial charge is 0.450 e. The molecule has 3 aromatic rings. The highest BCUT2D eigenvalue weighted by atomic mass is 35.5. The molecule has 0 atom stereocenters. The summed E-state index contributed by atoms with van der Waals surface area (Å²) in [5, 5.41) is 12.0. The fraction of sp³-hybridized carbons (Fsp3) is 0.120. The van der Waals surface area contributed by atoms with E-state index in [0.717, 1.165) is 0 Å². The molecule has 0 radical (unpaired) electrons. The third-order valence-electron chi connectivity index (χ3n) is 4.74. The van der Waals surface area contributed by atoms with Gasteiger partial charge in [0.15, 0.2) is 0 Å². The molecule has 7 nitrogen and oxygen atoms in total. The van der Waals surface area contributed by atoms with E-state index in [1.165, 1.54) is 66.5 Å². The van der Waals surface area contributed by atoms with Gasteiger partial charge >= 0.3 is 0 Å². The number of amides is 1. The van der Waals surface area contributed by atoms with Gasteiger partial charge in [-0.25, -0.2) is 9.37 Å². The number of carbonyl (C=O) groups is 1. The topological polar surface area (TPSA) is 97.0 Å². The average molecular weight is 479 g/mol. The number of aromatic nitrogens is 2. The fourth-order valence-corrected chi connectivity index (χ4v) is 3.32. The molecule has 0 bridgehead atoms. The summed E-state index contributed by atoms with van der Waals surface area (Å²) in [5.41, 5.74) is 1.33. The van der Waals surface area contributed by atoms with Crippen LogP contribution < -0.4 is 15.6 Å². The molecular formula is C25H20ClFN4O3. The number of aryl methyl sites for hydroxylation is 1. The van der Waals surface area contributed by atoms with E-state index in [0.29, 0.717) is 16.8 Å². The molecule has 0 fully saturated rings. The van der Waals surface area contributed by atoms with Crippen LogP contribution >= 0.6 is 11.6 Å². The summed E-state index contributed by atoms with van der Waals surface area (Å²) in [4.78, 5) is 29.7. The lowest BCUT2D eigenvalue weighted by Crippen LogP contribution is -2.24. The molecule has 3 rings (SSSR count). The number of likely N-dealkylation sites (N-methyl/N-ethyl adjacent to an activating group) is 1. The molecular weight excluding hydrogens is 459 g/mol. The monoisotopic (exact) mass is 478 g/mol. The first kappa shape index (κ1) is 24.4. The Labute approximate surface area is 200 Å². The predicted molar refractivity (Wildman–Crippen MR) is 127 cm³/mol. The second kappa shape index (κ2) is 10.6. The molecule has 9 heteroatoms. The van der Waals surface area contributed by atoms with Gasteiger partial charge in [-0.3, -0.25) is 14.2 Å². The van der Waals surface area contributed by atoms with E-state index in [-0.39, 0.29) is 40.1 Å². The number of ether oxygens (including phenoxy) is 1. The molecule has 0 saturated carbocycles. The van der Waals surface area contributed by atoms with Gasteiger partial charge in [-0.15, -0.1) is 0 Å². The number of allylic oxidation sites excluding steroid dienone is 2. The Morgan fingerprint density at radius 1 is 1.32 bits per heavy atom. The smallest absolute Gasteiger partial charge is 0.296 e. The van der Waals surface area contributed by atoms with Crippen molar-refractivity contribution in [2.24, 2.45) is 0 Å². The van der Waals surface area contributed by atoms with Crippen molar-refractivity contribution in [1.82, 2.24) is 14.9 Å². The fourth-order valence-electron chi connectivity index (χ4n) is 3.10. The Morgan fingerprint density at radius 2 is 2.03 bits per heavy atom. The minimum absolute atomic E-state index is 0.0170. The zero-order valence-corrected chi connectivity index (χ0v) is 19.2. The maximum absolute atomic E-state index is 13.3. The van der Waals surface area contributed by atoms with Gasteiger partial charge in [-0.2, -0.15) is 5.26 Å². The SMILES string of the molecule is C=C(/C=C(\C(=O)NC)c1ccc(F)cc1)Cn1cnc(C)c(Oc2cc(Cl)cc(C#N)c2)c1=O. The summed E-state index contributed by atoms with van der Waals surface area (Å²) in [6.07, 6.45) is 2.87. The number of hydrogen-bond acceptors (Lipinski definition) is 5. The molecule has 1 heterocycles. The molecule has 0 aliphatic heterocycles. The summed E-state index contributed by atoms with van der Waals surface area (Å²) >= 11 is 6.02. The minimum atomic E-state index is -0.483. The van der Waals surface area contributed by atoms with E-state index in [1.54, 1.807) is 6.92 Å².